The molecular formula is C9H9NO4S. The van der Waals surface area contributed by atoms with Crippen LogP contribution in [0.5, 0.6) is 0 Å². The molecular weight excluding hydrogens is 218 g/mol. The summed E-state index contributed by atoms with van der Waals surface area (Å²) in [6.07, 6.45) is 1.54. The summed E-state index contributed by atoms with van der Waals surface area (Å²) in [5.41, 5.74) is 0.397. The predicted molar refractivity (Wildman–Crippen MR) is 56.2 cm³/mol. The van der Waals surface area contributed by atoms with Gasteiger partial charge in [-0.15, -0.1) is 11.8 Å². The van der Waals surface area contributed by atoms with Crippen molar-refractivity contribution < 1.29 is 14.8 Å². The van der Waals surface area contributed by atoms with Crippen LogP contribution in [0.25, 0.3) is 0 Å². The van der Waals surface area contributed by atoms with Crippen molar-refractivity contribution >= 4 is 23.4 Å². The fourth-order valence-corrected chi connectivity index (χ4v) is 1.71. The summed E-state index contributed by atoms with van der Waals surface area (Å²) in [5, 5.41) is 19.2. The number of nitro benzene ring substituents is 1. The van der Waals surface area contributed by atoms with Crippen molar-refractivity contribution in [3.63, 3.8) is 0 Å². The molecule has 0 aromatic heterocycles. The van der Waals surface area contributed by atoms with Crippen LogP contribution in [0.4, 0.5) is 5.69 Å². The van der Waals surface area contributed by atoms with Gasteiger partial charge in [0.05, 0.1) is 16.2 Å². The summed E-state index contributed by atoms with van der Waals surface area (Å²) in [6, 6.07) is 4.47. The lowest BCUT2D eigenvalue weighted by atomic mass is 10.1. The number of hydrogen-bond acceptors (Lipinski definition) is 4. The maximum Gasteiger partial charge on any atom is 0.307 e. The third kappa shape index (κ3) is 2.95. The topological polar surface area (TPSA) is 80.4 Å². The molecule has 0 spiro atoms. The van der Waals surface area contributed by atoms with Crippen LogP contribution in [-0.4, -0.2) is 22.3 Å². The second-order valence-electron chi connectivity index (χ2n) is 2.83. The number of nitro groups is 1. The summed E-state index contributed by atoms with van der Waals surface area (Å²) in [7, 11) is 0. The van der Waals surface area contributed by atoms with E-state index < -0.39 is 10.9 Å². The maximum atomic E-state index is 10.7. The zero-order valence-corrected chi connectivity index (χ0v) is 8.78. The minimum Gasteiger partial charge on any atom is -0.481 e. The Morgan fingerprint density at radius 2 is 2.27 bits per heavy atom. The Labute approximate surface area is 90.3 Å². The molecule has 15 heavy (non-hydrogen) atoms. The van der Waals surface area contributed by atoms with E-state index >= 15 is 0 Å². The number of nitrogens with zero attached hydrogens (tertiary/aromatic N) is 1. The van der Waals surface area contributed by atoms with Crippen LogP contribution in [-0.2, 0) is 11.2 Å². The van der Waals surface area contributed by atoms with Crippen molar-refractivity contribution in [2.45, 2.75) is 11.3 Å². The number of aliphatic carboxylic acids is 1. The monoisotopic (exact) mass is 227 g/mol. The van der Waals surface area contributed by atoms with Gasteiger partial charge < -0.3 is 5.11 Å². The zero-order valence-electron chi connectivity index (χ0n) is 7.97. The lowest BCUT2D eigenvalue weighted by Crippen LogP contribution is -2.01. The number of rotatable bonds is 4. The third-order valence-corrected chi connectivity index (χ3v) is 2.58. The van der Waals surface area contributed by atoms with E-state index in [4.69, 9.17) is 5.11 Å². The van der Waals surface area contributed by atoms with Gasteiger partial charge in [0.25, 0.3) is 5.69 Å². The first-order valence-corrected chi connectivity index (χ1v) is 5.30. The molecule has 0 aliphatic heterocycles. The van der Waals surface area contributed by atoms with Crippen LogP contribution in [0.1, 0.15) is 5.56 Å². The standard InChI is InChI=1S/C9H9NO4S/c1-15-8-3-2-6(5-9(11)12)4-7(8)10(13)14/h2-4H,5H2,1H3,(H,11,12). The van der Waals surface area contributed by atoms with Crippen molar-refractivity contribution in [1.29, 1.82) is 0 Å². The fraction of sp³-hybridized carbons (Fsp3) is 0.222. The molecule has 5 nitrogen and oxygen atoms in total. The first-order chi connectivity index (χ1) is 7.04. The number of carbonyl (C=O) groups is 1. The molecule has 0 amide bonds. The lowest BCUT2D eigenvalue weighted by molar-refractivity contribution is -0.387. The van der Waals surface area contributed by atoms with Crippen LogP contribution in [0.3, 0.4) is 0 Å². The van der Waals surface area contributed by atoms with Crippen LogP contribution in [0, 0.1) is 10.1 Å². The molecule has 0 unspecified atom stereocenters. The predicted octanol–water partition coefficient (Wildman–Crippen LogP) is 1.94. The van der Waals surface area contributed by atoms with E-state index in [-0.39, 0.29) is 12.1 Å². The molecule has 1 aromatic carbocycles. The van der Waals surface area contributed by atoms with Crippen molar-refractivity contribution in [2.75, 3.05) is 6.26 Å². The van der Waals surface area contributed by atoms with Gasteiger partial charge in [0.2, 0.25) is 0 Å². The van der Waals surface area contributed by atoms with E-state index in [0.29, 0.717) is 10.5 Å². The highest BCUT2D eigenvalue weighted by Crippen LogP contribution is 2.28. The Hall–Kier alpha value is -1.56. The average Bonchev–Trinajstić information content (AvgIpc) is 2.16. The number of carboxylic acids is 1. The Morgan fingerprint density at radius 1 is 1.60 bits per heavy atom. The van der Waals surface area contributed by atoms with Crippen LogP contribution in [0.2, 0.25) is 0 Å². The van der Waals surface area contributed by atoms with Crippen molar-refractivity contribution in [3.8, 4) is 0 Å². The molecule has 0 heterocycles. The van der Waals surface area contributed by atoms with E-state index in [1.807, 2.05) is 0 Å². The minimum atomic E-state index is -0.999. The molecule has 1 N–H and O–H groups in total. The zero-order chi connectivity index (χ0) is 11.4. The van der Waals surface area contributed by atoms with Gasteiger partial charge in [0.15, 0.2) is 0 Å². The maximum absolute atomic E-state index is 10.7. The van der Waals surface area contributed by atoms with Crippen molar-refractivity contribution in [3.05, 3.63) is 33.9 Å². The van der Waals surface area contributed by atoms with E-state index in [1.54, 1.807) is 18.4 Å². The lowest BCUT2D eigenvalue weighted by Gasteiger charge is -2.01. The summed E-state index contributed by atoms with van der Waals surface area (Å²) in [6.45, 7) is 0. The van der Waals surface area contributed by atoms with Crippen molar-refractivity contribution in [1.82, 2.24) is 0 Å². The van der Waals surface area contributed by atoms with Gasteiger partial charge in [0, 0.05) is 6.07 Å². The van der Waals surface area contributed by atoms with Crippen LogP contribution < -0.4 is 0 Å². The number of thioether (sulfide) groups is 1. The largest absolute Gasteiger partial charge is 0.481 e. The average molecular weight is 227 g/mol. The molecule has 0 fully saturated rings. The molecule has 0 saturated heterocycles. The number of hydrogen-bond donors (Lipinski definition) is 1. The van der Waals surface area contributed by atoms with Gasteiger partial charge in [-0.3, -0.25) is 14.9 Å². The molecule has 0 saturated carbocycles. The van der Waals surface area contributed by atoms with E-state index in [1.165, 1.54) is 17.8 Å². The molecule has 0 aliphatic rings. The van der Waals surface area contributed by atoms with Gasteiger partial charge in [-0.1, -0.05) is 6.07 Å². The van der Waals surface area contributed by atoms with Crippen LogP contribution >= 0.6 is 11.8 Å². The molecule has 0 bridgehead atoms. The summed E-state index contributed by atoms with van der Waals surface area (Å²) in [5.74, 6) is -0.999. The molecule has 1 rings (SSSR count). The first kappa shape index (κ1) is 11.5. The van der Waals surface area contributed by atoms with Gasteiger partial charge in [0.1, 0.15) is 0 Å². The fourth-order valence-electron chi connectivity index (χ4n) is 1.16. The van der Waals surface area contributed by atoms with E-state index in [9.17, 15) is 14.9 Å². The molecule has 0 aliphatic carbocycles. The molecule has 1 aromatic rings. The molecule has 0 atom stereocenters. The smallest absolute Gasteiger partial charge is 0.307 e. The quantitative estimate of drug-likeness (QED) is 0.483. The van der Waals surface area contributed by atoms with Gasteiger partial charge >= 0.3 is 5.97 Å². The normalized spacial score (nSPS) is 9.93. The SMILES string of the molecule is CSc1ccc(CC(=O)O)cc1[N+](=O)[O-]. The molecule has 6 heteroatoms. The summed E-state index contributed by atoms with van der Waals surface area (Å²) in [4.78, 5) is 21.1. The second kappa shape index (κ2) is 4.79. The summed E-state index contributed by atoms with van der Waals surface area (Å²) >= 11 is 1.26. The van der Waals surface area contributed by atoms with E-state index in [2.05, 4.69) is 0 Å². The highest BCUT2D eigenvalue weighted by atomic mass is 32.2. The second-order valence-corrected chi connectivity index (χ2v) is 3.68. The van der Waals surface area contributed by atoms with Crippen LogP contribution in [0.15, 0.2) is 23.1 Å². The van der Waals surface area contributed by atoms with Gasteiger partial charge in [-0.05, 0) is 17.9 Å². The minimum absolute atomic E-state index is 0.0405. The highest BCUT2D eigenvalue weighted by Gasteiger charge is 2.14. The van der Waals surface area contributed by atoms with E-state index in [0.717, 1.165) is 0 Å². The highest BCUT2D eigenvalue weighted by molar-refractivity contribution is 7.98. The Morgan fingerprint density at radius 3 is 2.73 bits per heavy atom. The van der Waals surface area contributed by atoms with Gasteiger partial charge in [-0.25, -0.2) is 0 Å². The Kier molecular flexibility index (Phi) is 3.68. The third-order valence-electron chi connectivity index (χ3n) is 1.80. The van der Waals surface area contributed by atoms with Gasteiger partial charge in [-0.2, -0.15) is 0 Å². The first-order valence-electron chi connectivity index (χ1n) is 4.07. The number of benzene rings is 1. The van der Waals surface area contributed by atoms with Crippen molar-refractivity contribution in [2.24, 2.45) is 0 Å². The molecule has 80 valence electrons. The number of carboxylic acid groups (broad SMARTS) is 1. The summed E-state index contributed by atoms with van der Waals surface area (Å²) < 4.78 is 0. The molecule has 0 radical (unpaired) electrons. The Balaban J connectivity index is 3.10. The Bertz CT molecular complexity index is 405.